The highest BCUT2D eigenvalue weighted by Crippen LogP contribution is 2.26. The molecule has 0 saturated heterocycles. The first-order valence-electron chi connectivity index (χ1n) is 6.18. The Bertz CT molecular complexity index is 335. The van der Waals surface area contributed by atoms with Gasteiger partial charge >= 0.3 is 0 Å². The predicted molar refractivity (Wildman–Crippen MR) is 74.0 cm³/mol. The van der Waals surface area contributed by atoms with Gasteiger partial charge in [-0.25, -0.2) is 0 Å². The standard InChI is InChI=1S/C14H22ClNO/c1-4-5-11(10-16-2)8-12-9-13(15)6-7-14(12)17-3/h6-7,9,11,16H,4-5,8,10H2,1-3H3. The molecule has 0 aliphatic rings. The van der Waals surface area contributed by atoms with E-state index in [9.17, 15) is 0 Å². The zero-order valence-corrected chi connectivity index (χ0v) is 11.7. The topological polar surface area (TPSA) is 21.3 Å². The van der Waals surface area contributed by atoms with E-state index in [4.69, 9.17) is 16.3 Å². The SMILES string of the molecule is CCCC(CNC)Cc1cc(Cl)ccc1OC. The summed E-state index contributed by atoms with van der Waals surface area (Å²) in [4.78, 5) is 0. The number of benzene rings is 1. The molecule has 3 heteroatoms. The summed E-state index contributed by atoms with van der Waals surface area (Å²) >= 11 is 6.04. The third kappa shape index (κ3) is 4.57. The fourth-order valence-corrected chi connectivity index (χ4v) is 2.39. The maximum Gasteiger partial charge on any atom is 0.122 e. The summed E-state index contributed by atoms with van der Waals surface area (Å²) in [7, 11) is 3.71. The number of hydrogen-bond acceptors (Lipinski definition) is 2. The molecule has 1 N–H and O–H groups in total. The van der Waals surface area contributed by atoms with Gasteiger partial charge < -0.3 is 10.1 Å². The van der Waals surface area contributed by atoms with Crippen molar-refractivity contribution >= 4 is 11.6 Å². The second-order valence-corrected chi connectivity index (χ2v) is 4.81. The molecule has 1 rings (SSSR count). The van der Waals surface area contributed by atoms with Gasteiger partial charge in [0.25, 0.3) is 0 Å². The minimum Gasteiger partial charge on any atom is -0.496 e. The van der Waals surface area contributed by atoms with Crippen molar-refractivity contribution in [3.8, 4) is 5.75 Å². The van der Waals surface area contributed by atoms with Gasteiger partial charge in [-0.2, -0.15) is 0 Å². The number of halogens is 1. The maximum absolute atomic E-state index is 6.04. The molecule has 0 aliphatic carbocycles. The molecule has 0 amide bonds. The van der Waals surface area contributed by atoms with E-state index in [2.05, 4.69) is 12.2 Å². The lowest BCUT2D eigenvalue weighted by molar-refractivity contribution is 0.397. The van der Waals surface area contributed by atoms with Crippen LogP contribution in [0.5, 0.6) is 5.75 Å². The zero-order valence-electron chi connectivity index (χ0n) is 10.9. The number of hydrogen-bond donors (Lipinski definition) is 1. The van der Waals surface area contributed by atoms with Crippen LogP contribution in [-0.2, 0) is 6.42 Å². The van der Waals surface area contributed by atoms with Crippen molar-refractivity contribution in [2.75, 3.05) is 20.7 Å². The van der Waals surface area contributed by atoms with E-state index in [0.717, 1.165) is 23.7 Å². The van der Waals surface area contributed by atoms with Crippen LogP contribution in [0.4, 0.5) is 0 Å². The van der Waals surface area contributed by atoms with Crippen molar-refractivity contribution in [2.24, 2.45) is 5.92 Å². The Morgan fingerprint density at radius 3 is 2.76 bits per heavy atom. The third-order valence-electron chi connectivity index (χ3n) is 2.94. The van der Waals surface area contributed by atoms with Crippen LogP contribution < -0.4 is 10.1 Å². The molecule has 1 aromatic rings. The lowest BCUT2D eigenvalue weighted by Gasteiger charge is -2.17. The molecule has 96 valence electrons. The maximum atomic E-state index is 6.04. The largest absolute Gasteiger partial charge is 0.496 e. The van der Waals surface area contributed by atoms with E-state index in [0.29, 0.717) is 5.92 Å². The van der Waals surface area contributed by atoms with E-state index in [1.165, 1.54) is 18.4 Å². The molecule has 0 spiro atoms. The van der Waals surface area contributed by atoms with Gasteiger partial charge in [-0.05, 0) is 56.1 Å². The van der Waals surface area contributed by atoms with E-state index >= 15 is 0 Å². The molecule has 0 aromatic heterocycles. The van der Waals surface area contributed by atoms with Gasteiger partial charge in [0.2, 0.25) is 0 Å². The normalized spacial score (nSPS) is 12.5. The summed E-state index contributed by atoms with van der Waals surface area (Å²) in [6.45, 7) is 3.25. The molecule has 1 unspecified atom stereocenters. The van der Waals surface area contributed by atoms with Crippen LogP contribution in [0, 0.1) is 5.92 Å². The first-order valence-corrected chi connectivity index (χ1v) is 6.56. The van der Waals surface area contributed by atoms with Crippen molar-refractivity contribution in [3.63, 3.8) is 0 Å². The van der Waals surface area contributed by atoms with Crippen LogP contribution in [0.1, 0.15) is 25.3 Å². The molecule has 0 fully saturated rings. The summed E-state index contributed by atoms with van der Waals surface area (Å²) in [5.74, 6) is 1.57. The van der Waals surface area contributed by atoms with Crippen LogP contribution in [0.2, 0.25) is 5.02 Å². The summed E-state index contributed by atoms with van der Waals surface area (Å²) in [6, 6.07) is 5.83. The zero-order chi connectivity index (χ0) is 12.7. The van der Waals surface area contributed by atoms with E-state index in [1.54, 1.807) is 7.11 Å². The Hall–Kier alpha value is -0.730. The van der Waals surface area contributed by atoms with Gasteiger partial charge in [0.15, 0.2) is 0 Å². The second kappa shape index (κ2) is 7.57. The highest BCUT2D eigenvalue weighted by molar-refractivity contribution is 6.30. The fraction of sp³-hybridized carbons (Fsp3) is 0.571. The Morgan fingerprint density at radius 2 is 2.18 bits per heavy atom. The lowest BCUT2D eigenvalue weighted by atomic mass is 9.94. The second-order valence-electron chi connectivity index (χ2n) is 4.37. The van der Waals surface area contributed by atoms with Gasteiger partial charge in [0.05, 0.1) is 7.11 Å². The summed E-state index contributed by atoms with van der Waals surface area (Å²) in [6.07, 6.45) is 3.43. The highest BCUT2D eigenvalue weighted by atomic mass is 35.5. The molecule has 0 bridgehead atoms. The van der Waals surface area contributed by atoms with E-state index in [1.807, 2.05) is 25.2 Å². The monoisotopic (exact) mass is 255 g/mol. The van der Waals surface area contributed by atoms with E-state index in [-0.39, 0.29) is 0 Å². The first-order chi connectivity index (χ1) is 8.21. The fourth-order valence-electron chi connectivity index (χ4n) is 2.19. The molecule has 1 atom stereocenters. The van der Waals surface area contributed by atoms with Gasteiger partial charge in [0.1, 0.15) is 5.75 Å². The quantitative estimate of drug-likeness (QED) is 0.805. The molecule has 0 radical (unpaired) electrons. The smallest absolute Gasteiger partial charge is 0.122 e. The molecular formula is C14H22ClNO. The van der Waals surface area contributed by atoms with E-state index < -0.39 is 0 Å². The Kier molecular flexibility index (Phi) is 6.38. The van der Waals surface area contributed by atoms with Gasteiger partial charge in [-0.3, -0.25) is 0 Å². The van der Waals surface area contributed by atoms with Gasteiger partial charge in [-0.15, -0.1) is 0 Å². The number of methoxy groups -OCH3 is 1. The summed E-state index contributed by atoms with van der Waals surface area (Å²) in [5.41, 5.74) is 1.20. The predicted octanol–water partition coefficient (Wildman–Crippen LogP) is 3.53. The van der Waals surface area contributed by atoms with Crippen LogP contribution >= 0.6 is 11.6 Å². The third-order valence-corrected chi connectivity index (χ3v) is 3.18. The van der Waals surface area contributed by atoms with Crippen molar-refractivity contribution in [1.29, 1.82) is 0 Å². The number of nitrogens with one attached hydrogen (secondary N) is 1. The Morgan fingerprint density at radius 1 is 1.41 bits per heavy atom. The summed E-state index contributed by atoms with van der Waals surface area (Å²) in [5, 5.41) is 4.03. The molecule has 0 heterocycles. The van der Waals surface area contributed by atoms with Crippen molar-refractivity contribution < 1.29 is 4.74 Å². The van der Waals surface area contributed by atoms with Gasteiger partial charge in [-0.1, -0.05) is 24.9 Å². The van der Waals surface area contributed by atoms with Crippen molar-refractivity contribution in [3.05, 3.63) is 28.8 Å². The molecule has 17 heavy (non-hydrogen) atoms. The average molecular weight is 256 g/mol. The minimum atomic E-state index is 0.636. The number of ether oxygens (including phenoxy) is 1. The molecule has 2 nitrogen and oxygen atoms in total. The minimum absolute atomic E-state index is 0.636. The Labute approximate surface area is 109 Å². The van der Waals surface area contributed by atoms with Crippen LogP contribution in [0.3, 0.4) is 0 Å². The first kappa shape index (κ1) is 14.3. The molecular weight excluding hydrogens is 234 g/mol. The van der Waals surface area contributed by atoms with Gasteiger partial charge in [0, 0.05) is 5.02 Å². The highest BCUT2D eigenvalue weighted by Gasteiger charge is 2.12. The number of rotatable bonds is 7. The average Bonchev–Trinajstić information content (AvgIpc) is 2.30. The van der Waals surface area contributed by atoms with Crippen molar-refractivity contribution in [1.82, 2.24) is 5.32 Å². The molecule has 0 aliphatic heterocycles. The van der Waals surface area contributed by atoms with Crippen LogP contribution in [0.25, 0.3) is 0 Å². The Balaban J connectivity index is 2.79. The van der Waals surface area contributed by atoms with Crippen LogP contribution in [-0.4, -0.2) is 20.7 Å². The summed E-state index contributed by atoms with van der Waals surface area (Å²) < 4.78 is 5.38. The van der Waals surface area contributed by atoms with Crippen LogP contribution in [0.15, 0.2) is 18.2 Å². The molecule has 0 saturated carbocycles. The lowest BCUT2D eigenvalue weighted by Crippen LogP contribution is -2.20. The molecule has 1 aromatic carbocycles. The van der Waals surface area contributed by atoms with Crippen molar-refractivity contribution in [2.45, 2.75) is 26.2 Å².